The average molecular weight is 309 g/mol. The predicted molar refractivity (Wildman–Crippen MR) is 79.0 cm³/mol. The molecule has 0 radical (unpaired) electrons. The van der Waals surface area contributed by atoms with Crippen molar-refractivity contribution in [2.75, 3.05) is 33.3 Å². The number of ether oxygens (including phenoxy) is 1. The normalized spacial score (nSPS) is 19.4. The van der Waals surface area contributed by atoms with E-state index in [4.69, 9.17) is 10.00 Å². The minimum absolute atomic E-state index is 0.112. The van der Waals surface area contributed by atoms with Crippen molar-refractivity contribution < 1.29 is 13.2 Å². The van der Waals surface area contributed by atoms with Gasteiger partial charge in [-0.3, -0.25) is 0 Å². The van der Waals surface area contributed by atoms with Crippen molar-refractivity contribution in [3.63, 3.8) is 0 Å². The number of nitrogens with zero attached hydrogens (tertiary/aromatic N) is 2. The van der Waals surface area contributed by atoms with Crippen molar-refractivity contribution in [3.8, 4) is 6.07 Å². The van der Waals surface area contributed by atoms with Gasteiger partial charge in [-0.2, -0.15) is 5.26 Å². The topological polar surface area (TPSA) is 82.4 Å². The van der Waals surface area contributed by atoms with Crippen LogP contribution in [0.1, 0.15) is 11.1 Å². The maximum Gasteiger partial charge on any atom is 0.218 e. The summed E-state index contributed by atoms with van der Waals surface area (Å²) in [5.74, 6) is -0.112. The molecule has 1 aromatic rings. The molecule has 1 unspecified atom stereocenters. The zero-order valence-electron chi connectivity index (χ0n) is 11.9. The van der Waals surface area contributed by atoms with Gasteiger partial charge in [0.15, 0.2) is 0 Å². The molecule has 0 aliphatic carbocycles. The first kappa shape index (κ1) is 15.9. The summed E-state index contributed by atoms with van der Waals surface area (Å²) in [7, 11) is -1.86. The van der Waals surface area contributed by atoms with Gasteiger partial charge in [0.05, 0.1) is 30.1 Å². The molecule has 0 bridgehead atoms. The first-order chi connectivity index (χ1) is 10.0. The van der Waals surface area contributed by atoms with E-state index in [-0.39, 0.29) is 11.9 Å². The molecule has 1 aliphatic rings. The standard InChI is InChI=1S/C14H19N3O3S/c1-17(10-14-9-16-5-6-20-14)21(18,19)11-13-4-2-3-12(7-13)8-15/h2-4,7,14,16H,5-6,9-11H2,1H3. The Labute approximate surface area is 125 Å². The van der Waals surface area contributed by atoms with Crippen LogP contribution in [-0.4, -0.2) is 52.1 Å². The number of benzene rings is 1. The van der Waals surface area contributed by atoms with Crippen molar-refractivity contribution in [1.29, 1.82) is 5.26 Å². The number of sulfonamides is 1. The first-order valence-electron chi connectivity index (χ1n) is 6.76. The number of rotatable bonds is 5. The SMILES string of the molecule is CN(CC1CNCCO1)S(=O)(=O)Cc1cccc(C#N)c1. The number of nitriles is 1. The molecule has 0 saturated carbocycles. The van der Waals surface area contributed by atoms with E-state index in [0.29, 0.717) is 30.8 Å². The quantitative estimate of drug-likeness (QED) is 0.846. The fourth-order valence-electron chi connectivity index (χ4n) is 2.19. The molecule has 7 heteroatoms. The maximum atomic E-state index is 12.3. The van der Waals surface area contributed by atoms with Gasteiger partial charge in [-0.25, -0.2) is 12.7 Å². The number of likely N-dealkylation sites (N-methyl/N-ethyl adjacent to an activating group) is 1. The average Bonchev–Trinajstić information content (AvgIpc) is 2.48. The van der Waals surface area contributed by atoms with E-state index in [9.17, 15) is 8.42 Å². The van der Waals surface area contributed by atoms with Crippen LogP contribution in [-0.2, 0) is 20.5 Å². The molecular formula is C14H19N3O3S. The molecule has 0 amide bonds. The van der Waals surface area contributed by atoms with E-state index in [0.717, 1.165) is 6.54 Å². The fourth-order valence-corrected chi connectivity index (χ4v) is 3.40. The number of hydrogen-bond acceptors (Lipinski definition) is 5. The Morgan fingerprint density at radius 1 is 1.52 bits per heavy atom. The molecule has 1 aliphatic heterocycles. The number of morpholine rings is 1. The summed E-state index contributed by atoms with van der Waals surface area (Å²) in [5.41, 5.74) is 1.08. The Morgan fingerprint density at radius 2 is 2.33 bits per heavy atom. The molecule has 114 valence electrons. The molecule has 0 aromatic heterocycles. The van der Waals surface area contributed by atoms with Crippen molar-refractivity contribution in [2.24, 2.45) is 0 Å². The molecule has 6 nitrogen and oxygen atoms in total. The molecule has 0 spiro atoms. The summed E-state index contributed by atoms with van der Waals surface area (Å²) in [6.45, 7) is 2.38. The molecule has 1 atom stereocenters. The van der Waals surface area contributed by atoms with Crippen LogP contribution in [0.15, 0.2) is 24.3 Å². The molecule has 1 fully saturated rings. The molecule has 1 aromatic carbocycles. The Morgan fingerprint density at radius 3 is 3.00 bits per heavy atom. The van der Waals surface area contributed by atoms with Gasteiger partial charge in [-0.05, 0) is 17.7 Å². The third kappa shape index (κ3) is 4.51. The van der Waals surface area contributed by atoms with Crippen LogP contribution in [0.5, 0.6) is 0 Å². The second-order valence-electron chi connectivity index (χ2n) is 5.05. The lowest BCUT2D eigenvalue weighted by molar-refractivity contribution is 0.0206. The molecule has 2 rings (SSSR count). The number of hydrogen-bond donors (Lipinski definition) is 1. The zero-order chi connectivity index (χ0) is 15.3. The van der Waals surface area contributed by atoms with Gasteiger partial charge in [0, 0.05) is 26.7 Å². The Bertz CT molecular complexity index is 619. The van der Waals surface area contributed by atoms with Crippen LogP contribution in [0.3, 0.4) is 0 Å². The van der Waals surface area contributed by atoms with E-state index in [1.165, 1.54) is 4.31 Å². The molecule has 1 N–H and O–H groups in total. The van der Waals surface area contributed by atoms with E-state index < -0.39 is 10.0 Å². The van der Waals surface area contributed by atoms with Gasteiger partial charge in [-0.15, -0.1) is 0 Å². The van der Waals surface area contributed by atoms with Crippen LogP contribution < -0.4 is 5.32 Å². The molecule has 1 heterocycles. The van der Waals surface area contributed by atoms with Crippen molar-refractivity contribution >= 4 is 10.0 Å². The van der Waals surface area contributed by atoms with Crippen LogP contribution in [0, 0.1) is 11.3 Å². The van der Waals surface area contributed by atoms with E-state index in [1.807, 2.05) is 6.07 Å². The zero-order valence-corrected chi connectivity index (χ0v) is 12.8. The summed E-state index contributed by atoms with van der Waals surface area (Å²) in [4.78, 5) is 0. The molecular weight excluding hydrogens is 290 g/mol. The van der Waals surface area contributed by atoms with Crippen LogP contribution in [0.4, 0.5) is 0 Å². The van der Waals surface area contributed by atoms with Gasteiger partial charge < -0.3 is 10.1 Å². The summed E-state index contributed by atoms with van der Waals surface area (Å²) in [5, 5.41) is 12.0. The third-order valence-corrected chi connectivity index (χ3v) is 5.14. The molecule has 21 heavy (non-hydrogen) atoms. The third-order valence-electron chi connectivity index (χ3n) is 3.35. The second-order valence-corrected chi connectivity index (χ2v) is 7.12. The Kier molecular flexibility index (Phi) is 5.31. The van der Waals surface area contributed by atoms with E-state index in [1.54, 1.807) is 31.3 Å². The van der Waals surface area contributed by atoms with Crippen molar-refractivity contribution in [2.45, 2.75) is 11.9 Å². The summed E-state index contributed by atoms with van der Waals surface area (Å²) < 4.78 is 31.5. The van der Waals surface area contributed by atoms with Crippen molar-refractivity contribution in [1.82, 2.24) is 9.62 Å². The predicted octanol–water partition coefficient (Wildman–Crippen LogP) is 0.308. The van der Waals surface area contributed by atoms with Crippen LogP contribution >= 0.6 is 0 Å². The highest BCUT2D eigenvalue weighted by molar-refractivity contribution is 7.88. The van der Waals surface area contributed by atoms with Gasteiger partial charge >= 0.3 is 0 Å². The second kappa shape index (κ2) is 7.00. The monoisotopic (exact) mass is 309 g/mol. The first-order valence-corrected chi connectivity index (χ1v) is 8.37. The maximum absolute atomic E-state index is 12.3. The minimum atomic E-state index is -3.42. The lowest BCUT2D eigenvalue weighted by Gasteiger charge is -2.27. The van der Waals surface area contributed by atoms with E-state index in [2.05, 4.69) is 5.32 Å². The Hall–Kier alpha value is -1.46. The minimum Gasteiger partial charge on any atom is -0.374 e. The van der Waals surface area contributed by atoms with Gasteiger partial charge in [-0.1, -0.05) is 12.1 Å². The van der Waals surface area contributed by atoms with Gasteiger partial charge in [0.25, 0.3) is 0 Å². The summed E-state index contributed by atoms with van der Waals surface area (Å²) >= 11 is 0. The van der Waals surface area contributed by atoms with Gasteiger partial charge in [0.2, 0.25) is 10.0 Å². The highest BCUT2D eigenvalue weighted by Crippen LogP contribution is 2.12. The summed E-state index contributed by atoms with van der Waals surface area (Å²) in [6.07, 6.45) is -0.121. The van der Waals surface area contributed by atoms with Crippen LogP contribution in [0.25, 0.3) is 0 Å². The highest BCUT2D eigenvalue weighted by atomic mass is 32.2. The van der Waals surface area contributed by atoms with Crippen molar-refractivity contribution in [3.05, 3.63) is 35.4 Å². The van der Waals surface area contributed by atoms with E-state index >= 15 is 0 Å². The molecule has 1 saturated heterocycles. The van der Waals surface area contributed by atoms with Crippen LogP contribution in [0.2, 0.25) is 0 Å². The fraction of sp³-hybridized carbons (Fsp3) is 0.500. The largest absolute Gasteiger partial charge is 0.374 e. The smallest absolute Gasteiger partial charge is 0.218 e. The lowest BCUT2D eigenvalue weighted by atomic mass is 10.2. The summed E-state index contributed by atoms with van der Waals surface area (Å²) in [6, 6.07) is 8.67. The Balaban J connectivity index is 2.01. The highest BCUT2D eigenvalue weighted by Gasteiger charge is 2.23. The number of nitrogens with one attached hydrogen (secondary N) is 1. The lowest BCUT2D eigenvalue weighted by Crippen LogP contribution is -2.45. The van der Waals surface area contributed by atoms with Gasteiger partial charge in [0.1, 0.15) is 0 Å².